The van der Waals surface area contributed by atoms with Crippen molar-refractivity contribution in [3.05, 3.63) is 29.3 Å². The molecule has 2 aliphatic rings. The largest absolute Gasteiger partial charge is 0.297 e. The summed E-state index contributed by atoms with van der Waals surface area (Å²) in [7, 11) is 0. The fourth-order valence-electron chi connectivity index (χ4n) is 3.55. The molecule has 2 fully saturated rings. The van der Waals surface area contributed by atoms with E-state index in [1.807, 2.05) is 11.3 Å². The molecule has 3 heterocycles. The van der Waals surface area contributed by atoms with Crippen molar-refractivity contribution in [2.24, 2.45) is 5.92 Å². The van der Waals surface area contributed by atoms with Crippen molar-refractivity contribution in [1.29, 1.82) is 0 Å². The number of fused-ring (bicyclic) bond motifs is 1. The van der Waals surface area contributed by atoms with Gasteiger partial charge in [-0.2, -0.15) is 0 Å². The molecule has 2 N–H and O–H groups in total. The van der Waals surface area contributed by atoms with Crippen LogP contribution < -0.4 is 10.9 Å². The summed E-state index contributed by atoms with van der Waals surface area (Å²) in [5.41, 5.74) is 7.84. The Balaban J connectivity index is 1.35. The van der Waals surface area contributed by atoms with Gasteiger partial charge in [-0.3, -0.25) is 15.8 Å². The number of thiazole rings is 1. The number of nitrogens with one attached hydrogen (secondary N) is 2. The number of aromatic nitrogens is 1. The Bertz CT molecular complexity index is 564. The number of para-hydroxylation sites is 1. The van der Waals surface area contributed by atoms with Gasteiger partial charge in [-0.1, -0.05) is 12.1 Å². The lowest BCUT2D eigenvalue weighted by Gasteiger charge is -2.34. The van der Waals surface area contributed by atoms with Crippen LogP contribution in [0.15, 0.2) is 24.3 Å². The average molecular weight is 302 g/mol. The van der Waals surface area contributed by atoms with Gasteiger partial charge in [-0.25, -0.2) is 4.98 Å². The molecule has 4 rings (SSSR count). The number of benzene rings is 1. The third-order valence-corrected chi connectivity index (χ3v) is 5.79. The molecule has 5 heteroatoms. The van der Waals surface area contributed by atoms with Crippen molar-refractivity contribution in [2.45, 2.75) is 31.8 Å². The second kappa shape index (κ2) is 6.01. The van der Waals surface area contributed by atoms with Gasteiger partial charge in [0.05, 0.1) is 16.8 Å². The van der Waals surface area contributed by atoms with E-state index in [0.717, 1.165) is 24.5 Å². The third kappa shape index (κ3) is 2.97. The number of hydrazine groups is 1. The normalized spacial score (nSPS) is 24.9. The van der Waals surface area contributed by atoms with Crippen molar-refractivity contribution in [2.75, 3.05) is 19.6 Å². The SMILES string of the molecule is c1ccc2sc(CN3CCC(C4CCNN4)CC3)nc2c1. The van der Waals surface area contributed by atoms with Gasteiger partial charge in [0.1, 0.15) is 5.01 Å². The Morgan fingerprint density at radius 3 is 2.81 bits per heavy atom. The molecule has 0 spiro atoms. The molecule has 0 radical (unpaired) electrons. The molecule has 2 aliphatic heterocycles. The van der Waals surface area contributed by atoms with Gasteiger partial charge >= 0.3 is 0 Å². The molecule has 1 atom stereocenters. The highest BCUT2D eigenvalue weighted by atomic mass is 32.1. The summed E-state index contributed by atoms with van der Waals surface area (Å²) < 4.78 is 1.31. The summed E-state index contributed by atoms with van der Waals surface area (Å²) in [6, 6.07) is 9.13. The second-order valence-electron chi connectivity index (χ2n) is 6.16. The molecular formula is C16H22N4S. The van der Waals surface area contributed by atoms with Gasteiger partial charge in [0, 0.05) is 12.6 Å². The molecule has 0 bridgehead atoms. The number of piperidine rings is 1. The van der Waals surface area contributed by atoms with Crippen LogP contribution >= 0.6 is 11.3 Å². The van der Waals surface area contributed by atoms with Crippen LogP contribution in [-0.4, -0.2) is 35.6 Å². The van der Waals surface area contributed by atoms with E-state index in [2.05, 4.69) is 40.0 Å². The summed E-state index contributed by atoms with van der Waals surface area (Å²) in [5, 5.41) is 1.26. The summed E-state index contributed by atoms with van der Waals surface area (Å²) in [6.45, 7) is 4.55. The number of hydrogen-bond acceptors (Lipinski definition) is 5. The molecule has 2 saturated heterocycles. The molecule has 1 aromatic carbocycles. The lowest BCUT2D eigenvalue weighted by atomic mass is 9.88. The maximum absolute atomic E-state index is 4.76. The highest BCUT2D eigenvalue weighted by Gasteiger charge is 2.28. The van der Waals surface area contributed by atoms with Gasteiger partial charge in [-0.05, 0) is 50.4 Å². The Kier molecular flexibility index (Phi) is 3.90. The molecule has 1 unspecified atom stereocenters. The Hall–Kier alpha value is -1.01. The molecule has 0 amide bonds. The minimum absolute atomic E-state index is 0.689. The standard InChI is InChI=1S/C16H22N4S/c1-2-4-15-14(3-1)18-16(21-15)11-20-9-6-12(7-10-20)13-5-8-17-19-13/h1-4,12-13,17,19H,5-11H2. The first-order valence-corrected chi connectivity index (χ1v) is 8.75. The van der Waals surface area contributed by atoms with Crippen molar-refractivity contribution in [3.8, 4) is 0 Å². The molecule has 4 nitrogen and oxygen atoms in total. The first-order chi connectivity index (χ1) is 10.4. The highest BCUT2D eigenvalue weighted by molar-refractivity contribution is 7.18. The van der Waals surface area contributed by atoms with Gasteiger partial charge in [0.25, 0.3) is 0 Å². The van der Waals surface area contributed by atoms with Crippen molar-refractivity contribution in [3.63, 3.8) is 0 Å². The number of rotatable bonds is 3. The van der Waals surface area contributed by atoms with E-state index in [1.165, 1.54) is 42.1 Å². The lowest BCUT2D eigenvalue weighted by Crippen LogP contribution is -2.42. The Morgan fingerprint density at radius 1 is 1.19 bits per heavy atom. The maximum atomic E-state index is 4.76. The molecule has 21 heavy (non-hydrogen) atoms. The van der Waals surface area contributed by atoms with E-state index in [0.29, 0.717) is 6.04 Å². The zero-order valence-electron chi connectivity index (χ0n) is 12.2. The van der Waals surface area contributed by atoms with Gasteiger partial charge in [0.15, 0.2) is 0 Å². The van der Waals surface area contributed by atoms with E-state index in [9.17, 15) is 0 Å². The van der Waals surface area contributed by atoms with Gasteiger partial charge in [0.2, 0.25) is 0 Å². The maximum Gasteiger partial charge on any atom is 0.108 e. The third-order valence-electron chi connectivity index (χ3n) is 4.77. The molecule has 112 valence electrons. The molecule has 1 aromatic heterocycles. The van der Waals surface area contributed by atoms with E-state index in [4.69, 9.17) is 4.98 Å². The lowest BCUT2D eigenvalue weighted by molar-refractivity contribution is 0.156. The minimum Gasteiger partial charge on any atom is -0.297 e. The monoisotopic (exact) mass is 302 g/mol. The quantitative estimate of drug-likeness (QED) is 0.913. The van der Waals surface area contributed by atoms with Crippen LogP contribution in [0.2, 0.25) is 0 Å². The predicted octanol–water partition coefficient (Wildman–Crippen LogP) is 2.37. The average Bonchev–Trinajstić information content (AvgIpc) is 3.17. The van der Waals surface area contributed by atoms with Crippen LogP contribution in [0.5, 0.6) is 0 Å². The van der Waals surface area contributed by atoms with Crippen molar-refractivity contribution >= 4 is 21.6 Å². The van der Waals surface area contributed by atoms with Crippen LogP contribution in [0.1, 0.15) is 24.3 Å². The van der Waals surface area contributed by atoms with E-state index in [-0.39, 0.29) is 0 Å². The molecule has 0 saturated carbocycles. The first kappa shape index (κ1) is 13.6. The van der Waals surface area contributed by atoms with E-state index >= 15 is 0 Å². The first-order valence-electron chi connectivity index (χ1n) is 7.94. The summed E-state index contributed by atoms with van der Waals surface area (Å²) in [4.78, 5) is 7.32. The van der Waals surface area contributed by atoms with Crippen LogP contribution in [0.25, 0.3) is 10.2 Å². The van der Waals surface area contributed by atoms with Crippen molar-refractivity contribution < 1.29 is 0 Å². The predicted molar refractivity (Wildman–Crippen MR) is 87.2 cm³/mol. The topological polar surface area (TPSA) is 40.2 Å². The number of hydrogen-bond donors (Lipinski definition) is 2. The fraction of sp³-hybridized carbons (Fsp3) is 0.562. The van der Waals surface area contributed by atoms with Crippen LogP contribution in [0.3, 0.4) is 0 Å². The zero-order valence-corrected chi connectivity index (χ0v) is 13.0. The van der Waals surface area contributed by atoms with Gasteiger partial charge < -0.3 is 0 Å². The Labute approximate surface area is 129 Å². The Morgan fingerprint density at radius 2 is 2.05 bits per heavy atom. The van der Waals surface area contributed by atoms with Crippen LogP contribution in [0, 0.1) is 5.92 Å². The van der Waals surface area contributed by atoms with E-state index in [1.54, 1.807) is 0 Å². The highest BCUT2D eigenvalue weighted by Crippen LogP contribution is 2.27. The second-order valence-corrected chi connectivity index (χ2v) is 7.27. The summed E-state index contributed by atoms with van der Waals surface area (Å²) in [6.07, 6.45) is 3.90. The zero-order chi connectivity index (χ0) is 14.1. The molecule has 2 aromatic rings. The van der Waals surface area contributed by atoms with Crippen LogP contribution in [0.4, 0.5) is 0 Å². The van der Waals surface area contributed by atoms with Crippen LogP contribution in [-0.2, 0) is 6.54 Å². The molecule has 0 aliphatic carbocycles. The smallest absolute Gasteiger partial charge is 0.108 e. The summed E-state index contributed by atoms with van der Waals surface area (Å²) >= 11 is 1.84. The number of likely N-dealkylation sites (tertiary alicyclic amines) is 1. The summed E-state index contributed by atoms with van der Waals surface area (Å²) in [5.74, 6) is 0.839. The van der Waals surface area contributed by atoms with E-state index < -0.39 is 0 Å². The number of nitrogens with zero attached hydrogens (tertiary/aromatic N) is 2. The molecular weight excluding hydrogens is 280 g/mol. The fourth-order valence-corrected chi connectivity index (χ4v) is 4.56. The minimum atomic E-state index is 0.689. The van der Waals surface area contributed by atoms with Gasteiger partial charge in [-0.15, -0.1) is 11.3 Å². The van der Waals surface area contributed by atoms with Crippen molar-refractivity contribution in [1.82, 2.24) is 20.7 Å².